The fraction of sp³-hybridized carbons (Fsp3) is 0.353. The largest absolute Gasteiger partial charge is 0.487 e. The molecule has 2 aromatic rings. The molecule has 0 aliphatic carbocycles. The molecule has 2 heterocycles. The molecule has 1 aliphatic heterocycles. The van der Waals surface area contributed by atoms with E-state index in [0.717, 1.165) is 30.1 Å². The molecule has 3 nitrogen and oxygen atoms in total. The summed E-state index contributed by atoms with van der Waals surface area (Å²) in [6.45, 7) is 7.01. The van der Waals surface area contributed by atoms with E-state index in [1.165, 1.54) is 11.1 Å². The van der Waals surface area contributed by atoms with E-state index in [1.807, 2.05) is 19.2 Å². The zero-order valence-electron chi connectivity index (χ0n) is 12.2. The normalized spacial score (nSPS) is 15.6. The predicted molar refractivity (Wildman–Crippen MR) is 81.2 cm³/mol. The van der Waals surface area contributed by atoms with Crippen molar-refractivity contribution in [3.63, 3.8) is 0 Å². The Morgan fingerprint density at radius 1 is 1.25 bits per heavy atom. The van der Waals surface area contributed by atoms with Gasteiger partial charge in [-0.3, -0.25) is 4.98 Å². The van der Waals surface area contributed by atoms with Crippen molar-refractivity contribution in [1.82, 2.24) is 4.98 Å². The van der Waals surface area contributed by atoms with E-state index in [4.69, 9.17) is 4.74 Å². The zero-order chi connectivity index (χ0) is 14.2. The first-order valence-corrected chi connectivity index (χ1v) is 7.00. The number of rotatable bonds is 3. The number of ether oxygens (including phenoxy) is 1. The summed E-state index contributed by atoms with van der Waals surface area (Å²) in [4.78, 5) is 4.29. The summed E-state index contributed by atoms with van der Waals surface area (Å²) >= 11 is 0. The molecular weight excluding hydrogens is 248 g/mol. The van der Waals surface area contributed by atoms with Crippen LogP contribution in [0.5, 0.6) is 5.75 Å². The van der Waals surface area contributed by atoms with Gasteiger partial charge >= 0.3 is 0 Å². The lowest BCUT2D eigenvalue weighted by atomic mass is 10.0. The van der Waals surface area contributed by atoms with Crippen LogP contribution in [0, 0.1) is 6.92 Å². The van der Waals surface area contributed by atoms with Crippen LogP contribution in [-0.2, 0) is 13.0 Å². The molecule has 0 unspecified atom stereocenters. The molecular formula is C17H20N2O. The van der Waals surface area contributed by atoms with E-state index in [0.29, 0.717) is 0 Å². The molecule has 0 saturated heterocycles. The number of fused-ring (bicyclic) bond motifs is 1. The van der Waals surface area contributed by atoms with Gasteiger partial charge in [0, 0.05) is 24.2 Å². The third kappa shape index (κ3) is 2.62. The van der Waals surface area contributed by atoms with Crippen LogP contribution in [0.4, 0.5) is 5.69 Å². The molecule has 20 heavy (non-hydrogen) atoms. The van der Waals surface area contributed by atoms with Crippen molar-refractivity contribution in [3.05, 3.63) is 53.3 Å². The Morgan fingerprint density at radius 2 is 2.10 bits per heavy atom. The van der Waals surface area contributed by atoms with Gasteiger partial charge in [0.25, 0.3) is 0 Å². The monoisotopic (exact) mass is 268 g/mol. The molecule has 0 radical (unpaired) electrons. The zero-order valence-corrected chi connectivity index (χ0v) is 12.2. The third-order valence-corrected chi connectivity index (χ3v) is 3.57. The van der Waals surface area contributed by atoms with Crippen LogP contribution < -0.4 is 10.1 Å². The molecule has 1 aliphatic rings. The predicted octanol–water partition coefficient (Wildman–Crippen LogP) is 3.72. The number of aromatic nitrogens is 1. The Morgan fingerprint density at radius 3 is 2.85 bits per heavy atom. The molecule has 0 spiro atoms. The Bertz CT molecular complexity index is 617. The minimum absolute atomic E-state index is 0.0934. The molecule has 0 bridgehead atoms. The average molecular weight is 268 g/mol. The van der Waals surface area contributed by atoms with E-state index in [-0.39, 0.29) is 5.60 Å². The fourth-order valence-corrected chi connectivity index (χ4v) is 2.59. The van der Waals surface area contributed by atoms with Gasteiger partial charge in [-0.25, -0.2) is 0 Å². The lowest BCUT2D eigenvalue weighted by Crippen LogP contribution is -2.25. The highest BCUT2D eigenvalue weighted by molar-refractivity contribution is 5.49. The molecule has 0 fully saturated rings. The fourth-order valence-electron chi connectivity index (χ4n) is 2.59. The van der Waals surface area contributed by atoms with Crippen LogP contribution in [0.15, 0.2) is 36.5 Å². The van der Waals surface area contributed by atoms with Crippen LogP contribution in [0.3, 0.4) is 0 Å². The summed E-state index contributed by atoms with van der Waals surface area (Å²) in [5.41, 5.74) is 4.47. The number of nitrogens with one attached hydrogen (secondary N) is 1. The smallest absolute Gasteiger partial charge is 0.128 e. The Hall–Kier alpha value is -2.03. The summed E-state index contributed by atoms with van der Waals surface area (Å²) in [6, 6.07) is 10.4. The SMILES string of the molecule is Cc1ccc(NCc2cccc3c2OC(C)(C)C3)cn1. The van der Waals surface area contributed by atoms with Crippen LogP contribution in [0.2, 0.25) is 0 Å². The van der Waals surface area contributed by atoms with Gasteiger partial charge in [-0.05, 0) is 38.5 Å². The van der Waals surface area contributed by atoms with Crippen LogP contribution in [-0.4, -0.2) is 10.6 Å². The minimum atomic E-state index is -0.0934. The first kappa shape index (κ1) is 13.0. The van der Waals surface area contributed by atoms with Gasteiger partial charge in [0.2, 0.25) is 0 Å². The summed E-state index contributed by atoms with van der Waals surface area (Å²) in [7, 11) is 0. The number of aryl methyl sites for hydroxylation is 1. The quantitative estimate of drug-likeness (QED) is 0.921. The van der Waals surface area contributed by atoms with Gasteiger partial charge in [0.1, 0.15) is 11.4 Å². The molecule has 104 valence electrons. The second kappa shape index (κ2) is 4.82. The summed E-state index contributed by atoms with van der Waals surface area (Å²) in [5.74, 6) is 1.05. The molecule has 1 N–H and O–H groups in total. The summed E-state index contributed by atoms with van der Waals surface area (Å²) < 4.78 is 6.08. The first-order chi connectivity index (χ1) is 9.53. The molecule has 3 rings (SSSR count). The van der Waals surface area contributed by atoms with Crippen LogP contribution in [0.1, 0.15) is 30.7 Å². The van der Waals surface area contributed by atoms with Crippen molar-refractivity contribution < 1.29 is 4.74 Å². The molecule has 1 aromatic heterocycles. The highest BCUT2D eigenvalue weighted by Gasteiger charge is 2.31. The van der Waals surface area contributed by atoms with E-state index in [9.17, 15) is 0 Å². The number of benzene rings is 1. The summed E-state index contributed by atoms with van der Waals surface area (Å²) in [5, 5.41) is 3.40. The third-order valence-electron chi connectivity index (χ3n) is 3.57. The highest BCUT2D eigenvalue weighted by atomic mass is 16.5. The van der Waals surface area contributed by atoms with Crippen molar-refractivity contribution in [2.75, 3.05) is 5.32 Å². The number of nitrogens with zero attached hydrogens (tertiary/aromatic N) is 1. The first-order valence-electron chi connectivity index (χ1n) is 7.00. The van der Waals surface area contributed by atoms with Gasteiger partial charge in [-0.15, -0.1) is 0 Å². The van der Waals surface area contributed by atoms with Crippen LogP contribution >= 0.6 is 0 Å². The van der Waals surface area contributed by atoms with E-state index in [2.05, 4.69) is 48.4 Å². The van der Waals surface area contributed by atoms with E-state index >= 15 is 0 Å². The van der Waals surface area contributed by atoms with Gasteiger partial charge in [0.15, 0.2) is 0 Å². The number of pyridine rings is 1. The summed E-state index contributed by atoms with van der Waals surface area (Å²) in [6.07, 6.45) is 2.84. The molecule has 3 heteroatoms. The van der Waals surface area contributed by atoms with Crippen molar-refractivity contribution in [2.45, 2.75) is 39.3 Å². The molecule has 0 atom stereocenters. The number of hydrogen-bond acceptors (Lipinski definition) is 3. The minimum Gasteiger partial charge on any atom is -0.487 e. The van der Waals surface area contributed by atoms with Crippen molar-refractivity contribution in [3.8, 4) is 5.75 Å². The Balaban J connectivity index is 1.76. The van der Waals surface area contributed by atoms with Gasteiger partial charge < -0.3 is 10.1 Å². The van der Waals surface area contributed by atoms with Crippen molar-refractivity contribution >= 4 is 5.69 Å². The second-order valence-corrected chi connectivity index (χ2v) is 5.99. The maximum absolute atomic E-state index is 6.08. The maximum Gasteiger partial charge on any atom is 0.128 e. The van der Waals surface area contributed by atoms with Gasteiger partial charge in [-0.1, -0.05) is 18.2 Å². The number of para-hydroxylation sites is 1. The van der Waals surface area contributed by atoms with Gasteiger partial charge in [0.05, 0.1) is 11.9 Å². The number of hydrogen-bond donors (Lipinski definition) is 1. The maximum atomic E-state index is 6.08. The lowest BCUT2D eigenvalue weighted by molar-refractivity contribution is 0.137. The molecule has 0 amide bonds. The highest BCUT2D eigenvalue weighted by Crippen LogP contribution is 2.37. The molecule has 1 aromatic carbocycles. The van der Waals surface area contributed by atoms with E-state index < -0.39 is 0 Å². The standard InChI is InChI=1S/C17H20N2O/c1-12-7-8-15(11-18-12)19-10-14-6-4-5-13-9-17(2,3)20-16(13)14/h4-8,11,19H,9-10H2,1-3H3. The average Bonchev–Trinajstić information content (AvgIpc) is 2.72. The topological polar surface area (TPSA) is 34.1 Å². The van der Waals surface area contributed by atoms with Crippen molar-refractivity contribution in [1.29, 1.82) is 0 Å². The molecule has 0 saturated carbocycles. The van der Waals surface area contributed by atoms with E-state index in [1.54, 1.807) is 0 Å². The Labute approximate surface area is 120 Å². The second-order valence-electron chi connectivity index (χ2n) is 5.99. The van der Waals surface area contributed by atoms with Crippen molar-refractivity contribution in [2.24, 2.45) is 0 Å². The van der Waals surface area contributed by atoms with Gasteiger partial charge in [-0.2, -0.15) is 0 Å². The number of anilines is 1. The van der Waals surface area contributed by atoms with Crippen LogP contribution in [0.25, 0.3) is 0 Å². The lowest BCUT2D eigenvalue weighted by Gasteiger charge is -2.18. The Kier molecular flexibility index (Phi) is 3.13.